The Kier molecular flexibility index (Phi) is 4.17. The Balaban J connectivity index is 3.02. The standard InChI is InChI=1S/C10H4BrClN2O/c11-4-3-10(15)14-9-5-8(12)2-1-7(9)6-13/h1-2,5H,(H,14,15). The molecule has 0 spiro atoms. The second-order valence-corrected chi connectivity index (χ2v) is 3.31. The van der Waals surface area contributed by atoms with Crippen LogP contribution in [0, 0.1) is 22.1 Å². The third-order valence-corrected chi connectivity index (χ3v) is 1.94. The summed E-state index contributed by atoms with van der Waals surface area (Å²) in [5.74, 6) is 1.72. The maximum absolute atomic E-state index is 11.1. The molecule has 1 aromatic rings. The summed E-state index contributed by atoms with van der Waals surface area (Å²) in [5.41, 5.74) is 0.689. The molecule has 1 amide bonds. The molecule has 0 aliphatic rings. The summed E-state index contributed by atoms with van der Waals surface area (Å²) in [6.07, 6.45) is 0. The number of nitriles is 1. The van der Waals surface area contributed by atoms with Crippen LogP contribution in [0.25, 0.3) is 0 Å². The van der Waals surface area contributed by atoms with Crippen LogP contribution in [0.5, 0.6) is 0 Å². The second-order valence-electron chi connectivity index (χ2n) is 2.48. The number of nitrogens with one attached hydrogen (secondary N) is 1. The summed E-state index contributed by atoms with van der Waals surface area (Å²) in [7, 11) is 0. The number of nitrogens with zero attached hydrogens (tertiary/aromatic N) is 1. The van der Waals surface area contributed by atoms with Crippen LogP contribution < -0.4 is 5.32 Å². The zero-order valence-electron chi connectivity index (χ0n) is 7.34. The highest BCUT2D eigenvalue weighted by atomic mass is 79.9. The number of carbonyl (C=O) groups excluding carboxylic acids is 1. The monoisotopic (exact) mass is 282 g/mol. The molecular weight excluding hydrogens is 279 g/mol. The average molecular weight is 284 g/mol. The molecule has 74 valence electrons. The summed E-state index contributed by atoms with van der Waals surface area (Å²) in [4.78, 5) is 13.4. The number of hydrogen-bond acceptors (Lipinski definition) is 2. The van der Waals surface area contributed by atoms with Gasteiger partial charge in [-0.15, -0.1) is 0 Å². The lowest BCUT2D eigenvalue weighted by Gasteiger charge is -2.03. The van der Waals surface area contributed by atoms with Gasteiger partial charge in [0.05, 0.1) is 11.3 Å². The van der Waals surface area contributed by atoms with Gasteiger partial charge in [0.25, 0.3) is 0 Å². The van der Waals surface area contributed by atoms with Gasteiger partial charge in [0.15, 0.2) is 0 Å². The fraction of sp³-hybridized carbons (Fsp3) is 0. The molecule has 3 nitrogen and oxygen atoms in total. The molecular formula is C10H4BrClN2O. The summed E-state index contributed by atoms with van der Waals surface area (Å²) in [6, 6.07) is 6.53. The highest BCUT2D eigenvalue weighted by Gasteiger charge is 2.05. The number of benzene rings is 1. The van der Waals surface area contributed by atoms with Gasteiger partial charge in [-0.25, -0.2) is 0 Å². The smallest absolute Gasteiger partial charge is 0.301 e. The molecule has 1 rings (SSSR count). The zero-order chi connectivity index (χ0) is 11.3. The van der Waals surface area contributed by atoms with Gasteiger partial charge in [-0.3, -0.25) is 4.79 Å². The molecule has 0 fully saturated rings. The largest absolute Gasteiger partial charge is 0.314 e. The number of carbonyl (C=O) groups is 1. The minimum Gasteiger partial charge on any atom is -0.314 e. The van der Waals surface area contributed by atoms with Crippen LogP contribution in [0.1, 0.15) is 5.56 Å². The van der Waals surface area contributed by atoms with Gasteiger partial charge >= 0.3 is 5.91 Å². The van der Waals surface area contributed by atoms with Gasteiger partial charge in [-0.05, 0) is 23.0 Å². The molecule has 5 heteroatoms. The van der Waals surface area contributed by atoms with E-state index in [1.54, 1.807) is 6.07 Å². The Morgan fingerprint density at radius 1 is 1.53 bits per heavy atom. The third kappa shape index (κ3) is 3.28. The van der Waals surface area contributed by atoms with Crippen molar-refractivity contribution in [2.24, 2.45) is 0 Å². The maximum atomic E-state index is 11.1. The molecule has 0 saturated heterocycles. The topological polar surface area (TPSA) is 52.9 Å². The normalized spacial score (nSPS) is 8.33. The van der Waals surface area contributed by atoms with Crippen molar-refractivity contribution in [2.75, 3.05) is 5.32 Å². The van der Waals surface area contributed by atoms with E-state index in [1.165, 1.54) is 12.1 Å². The van der Waals surface area contributed by atoms with E-state index in [-0.39, 0.29) is 0 Å². The minimum atomic E-state index is -0.509. The van der Waals surface area contributed by atoms with Gasteiger partial charge in [0.2, 0.25) is 0 Å². The lowest BCUT2D eigenvalue weighted by Crippen LogP contribution is -2.09. The van der Waals surface area contributed by atoms with Crippen LogP contribution in [0.15, 0.2) is 18.2 Å². The van der Waals surface area contributed by atoms with E-state index < -0.39 is 5.91 Å². The molecule has 1 aromatic carbocycles. The molecule has 0 atom stereocenters. The van der Waals surface area contributed by atoms with Gasteiger partial charge in [0.1, 0.15) is 6.07 Å². The molecule has 0 bridgehead atoms. The number of halogens is 2. The molecule has 0 heterocycles. The Morgan fingerprint density at radius 2 is 2.27 bits per heavy atom. The lowest BCUT2D eigenvalue weighted by molar-refractivity contribution is -0.111. The molecule has 0 unspecified atom stereocenters. The van der Waals surface area contributed by atoms with E-state index in [1.807, 2.05) is 6.07 Å². The predicted molar refractivity (Wildman–Crippen MR) is 61.5 cm³/mol. The van der Waals surface area contributed by atoms with Crippen LogP contribution >= 0.6 is 27.5 Å². The van der Waals surface area contributed by atoms with E-state index >= 15 is 0 Å². The first-order valence-electron chi connectivity index (χ1n) is 3.79. The van der Waals surface area contributed by atoms with Crippen molar-refractivity contribution >= 4 is 39.1 Å². The first kappa shape index (κ1) is 11.6. The van der Waals surface area contributed by atoms with E-state index in [4.69, 9.17) is 16.9 Å². The molecule has 0 aliphatic heterocycles. The molecule has 0 aromatic heterocycles. The van der Waals surface area contributed by atoms with E-state index in [0.29, 0.717) is 16.3 Å². The molecule has 15 heavy (non-hydrogen) atoms. The van der Waals surface area contributed by atoms with Crippen molar-refractivity contribution in [3.05, 3.63) is 28.8 Å². The van der Waals surface area contributed by atoms with Gasteiger partial charge < -0.3 is 5.32 Å². The average Bonchev–Trinajstić information content (AvgIpc) is 2.18. The van der Waals surface area contributed by atoms with Crippen molar-refractivity contribution in [2.45, 2.75) is 0 Å². The Hall–Kier alpha value is -1.49. The number of anilines is 1. The second kappa shape index (κ2) is 5.41. The van der Waals surface area contributed by atoms with Crippen LogP contribution in [0.4, 0.5) is 5.69 Å². The molecule has 0 aliphatic carbocycles. The Morgan fingerprint density at radius 3 is 2.87 bits per heavy atom. The highest BCUT2D eigenvalue weighted by molar-refractivity contribution is 9.12. The quantitative estimate of drug-likeness (QED) is 0.805. The summed E-state index contributed by atoms with van der Waals surface area (Å²) in [5, 5.41) is 11.7. The van der Waals surface area contributed by atoms with E-state index in [9.17, 15) is 4.79 Å². The van der Waals surface area contributed by atoms with Gasteiger partial charge in [-0.2, -0.15) is 5.26 Å². The zero-order valence-corrected chi connectivity index (χ0v) is 9.69. The van der Waals surface area contributed by atoms with E-state index in [0.717, 1.165) is 0 Å². The van der Waals surface area contributed by atoms with Crippen LogP contribution in [-0.4, -0.2) is 5.91 Å². The van der Waals surface area contributed by atoms with Crippen molar-refractivity contribution in [3.63, 3.8) is 0 Å². The SMILES string of the molecule is N#Cc1ccc(Cl)cc1NC(=O)C#CBr. The molecule has 0 radical (unpaired) electrons. The summed E-state index contributed by atoms with van der Waals surface area (Å²) >= 11 is 8.53. The maximum Gasteiger partial charge on any atom is 0.301 e. The number of hydrogen-bond donors (Lipinski definition) is 1. The van der Waals surface area contributed by atoms with Crippen LogP contribution in [0.3, 0.4) is 0 Å². The number of rotatable bonds is 1. The van der Waals surface area contributed by atoms with Crippen molar-refractivity contribution in [3.8, 4) is 16.8 Å². The van der Waals surface area contributed by atoms with Crippen molar-refractivity contribution in [1.82, 2.24) is 0 Å². The lowest BCUT2D eigenvalue weighted by atomic mass is 10.2. The van der Waals surface area contributed by atoms with E-state index in [2.05, 4.69) is 32.0 Å². The molecule has 1 N–H and O–H groups in total. The predicted octanol–water partition coefficient (Wildman–Crippen LogP) is 2.51. The Bertz CT molecular complexity index is 496. The molecule has 0 saturated carbocycles. The van der Waals surface area contributed by atoms with Gasteiger partial charge in [0, 0.05) is 26.9 Å². The van der Waals surface area contributed by atoms with Gasteiger partial charge in [-0.1, -0.05) is 11.6 Å². The van der Waals surface area contributed by atoms with Crippen LogP contribution in [-0.2, 0) is 4.79 Å². The summed E-state index contributed by atoms with van der Waals surface area (Å²) < 4.78 is 0. The first-order valence-corrected chi connectivity index (χ1v) is 4.96. The fourth-order valence-corrected chi connectivity index (χ4v) is 1.27. The first-order chi connectivity index (χ1) is 7.17. The van der Waals surface area contributed by atoms with Crippen molar-refractivity contribution < 1.29 is 4.79 Å². The Labute approximate surface area is 100 Å². The van der Waals surface area contributed by atoms with Crippen molar-refractivity contribution in [1.29, 1.82) is 5.26 Å². The summed E-state index contributed by atoms with van der Waals surface area (Å²) in [6.45, 7) is 0. The third-order valence-electron chi connectivity index (χ3n) is 1.51. The van der Waals surface area contributed by atoms with Crippen LogP contribution in [0.2, 0.25) is 5.02 Å². The highest BCUT2D eigenvalue weighted by Crippen LogP contribution is 2.20. The minimum absolute atomic E-state index is 0.337. The number of amides is 1. The fourth-order valence-electron chi connectivity index (χ4n) is 0.914.